The molecule has 0 saturated heterocycles. The number of hydrogen-bond acceptors (Lipinski definition) is 6. The van der Waals surface area contributed by atoms with Gasteiger partial charge in [-0.3, -0.25) is 14.3 Å². The lowest BCUT2D eigenvalue weighted by Crippen LogP contribution is -2.32. The number of nitrogens with one attached hydrogen (secondary N) is 1. The van der Waals surface area contributed by atoms with E-state index in [1.807, 2.05) is 0 Å². The minimum Gasteiger partial charge on any atom is -0.493 e. The number of rotatable bonds is 7. The zero-order valence-electron chi connectivity index (χ0n) is 13.1. The van der Waals surface area contributed by atoms with Gasteiger partial charge in [-0.05, 0) is 12.1 Å². The quantitative estimate of drug-likeness (QED) is 0.724. The number of sulfonamides is 1. The molecule has 0 fully saturated rings. The van der Waals surface area contributed by atoms with Crippen LogP contribution in [0.3, 0.4) is 0 Å². The van der Waals surface area contributed by atoms with E-state index in [2.05, 4.69) is 4.72 Å². The number of amides is 1. The molecule has 128 valence electrons. The number of carboxylic acid groups (broad SMARTS) is 1. The third kappa shape index (κ3) is 5.02. The van der Waals surface area contributed by atoms with Gasteiger partial charge in [0.1, 0.15) is 6.54 Å². The monoisotopic (exact) mass is 346 g/mol. The average molecular weight is 346 g/mol. The number of nitrogens with zero attached hydrogens (tertiary/aromatic N) is 1. The molecular weight excluding hydrogens is 328 g/mol. The van der Waals surface area contributed by atoms with Crippen molar-refractivity contribution in [1.82, 2.24) is 4.90 Å². The second-order valence-electron chi connectivity index (χ2n) is 4.69. The molecule has 0 aliphatic heterocycles. The zero-order chi connectivity index (χ0) is 17.8. The number of carboxylic acids is 1. The minimum atomic E-state index is -3.62. The lowest BCUT2D eigenvalue weighted by atomic mass is 10.1. The molecule has 0 aliphatic rings. The number of likely N-dealkylation sites (N-methyl/N-ethyl adjacent to an activating group) is 1. The standard InChI is InChI=1S/C13H18N2O7S/c1-15(7-11(16)17)13(18)8-5-9(14-23(4,19)20)12(22-3)10(6-8)21-2/h5-6,14H,7H2,1-4H3,(H,16,17). The summed E-state index contributed by atoms with van der Waals surface area (Å²) in [7, 11) is 0.349. The average Bonchev–Trinajstić information content (AvgIpc) is 2.42. The molecule has 23 heavy (non-hydrogen) atoms. The molecule has 1 amide bonds. The van der Waals surface area contributed by atoms with Crippen molar-refractivity contribution < 1.29 is 32.6 Å². The molecule has 0 spiro atoms. The van der Waals surface area contributed by atoms with Gasteiger partial charge in [0.25, 0.3) is 5.91 Å². The summed E-state index contributed by atoms with van der Waals surface area (Å²) in [6, 6.07) is 2.59. The number of ether oxygens (including phenoxy) is 2. The second-order valence-corrected chi connectivity index (χ2v) is 6.44. The fraction of sp³-hybridized carbons (Fsp3) is 0.385. The van der Waals surface area contributed by atoms with Crippen LogP contribution in [-0.4, -0.2) is 64.4 Å². The summed E-state index contributed by atoms with van der Waals surface area (Å²) in [6.45, 7) is -0.498. The molecule has 0 radical (unpaired) electrons. The van der Waals surface area contributed by atoms with Gasteiger partial charge >= 0.3 is 5.97 Å². The van der Waals surface area contributed by atoms with Crippen LogP contribution in [0.2, 0.25) is 0 Å². The largest absolute Gasteiger partial charge is 0.493 e. The maximum Gasteiger partial charge on any atom is 0.323 e. The first-order valence-electron chi connectivity index (χ1n) is 6.30. The Balaban J connectivity index is 3.36. The van der Waals surface area contributed by atoms with Crippen LogP contribution in [-0.2, 0) is 14.8 Å². The van der Waals surface area contributed by atoms with Crippen molar-refractivity contribution in [3.8, 4) is 11.5 Å². The van der Waals surface area contributed by atoms with E-state index in [1.54, 1.807) is 0 Å². The number of carbonyl (C=O) groups excluding carboxylic acids is 1. The van der Waals surface area contributed by atoms with Gasteiger partial charge in [-0.1, -0.05) is 0 Å². The number of anilines is 1. The summed E-state index contributed by atoms with van der Waals surface area (Å²) in [4.78, 5) is 23.9. The van der Waals surface area contributed by atoms with Gasteiger partial charge in [-0.25, -0.2) is 8.42 Å². The van der Waals surface area contributed by atoms with E-state index in [4.69, 9.17) is 14.6 Å². The van der Waals surface area contributed by atoms with Crippen LogP contribution in [0.1, 0.15) is 10.4 Å². The summed E-state index contributed by atoms with van der Waals surface area (Å²) < 4.78 is 35.3. The summed E-state index contributed by atoms with van der Waals surface area (Å²) in [5, 5.41) is 8.74. The highest BCUT2D eigenvalue weighted by molar-refractivity contribution is 7.92. The van der Waals surface area contributed by atoms with E-state index in [-0.39, 0.29) is 22.7 Å². The molecule has 0 saturated carbocycles. The van der Waals surface area contributed by atoms with E-state index in [0.29, 0.717) is 0 Å². The number of hydrogen-bond donors (Lipinski definition) is 2. The van der Waals surface area contributed by atoms with Gasteiger partial charge in [0.05, 0.1) is 26.2 Å². The Morgan fingerprint density at radius 1 is 1.26 bits per heavy atom. The first kappa shape index (κ1) is 18.6. The van der Waals surface area contributed by atoms with Crippen molar-refractivity contribution in [1.29, 1.82) is 0 Å². The molecule has 1 aromatic carbocycles. The van der Waals surface area contributed by atoms with E-state index < -0.39 is 28.4 Å². The first-order valence-corrected chi connectivity index (χ1v) is 8.19. The van der Waals surface area contributed by atoms with Crippen LogP contribution in [0.25, 0.3) is 0 Å². The second kappa shape index (κ2) is 7.18. The Hall–Kier alpha value is -2.49. The Kier molecular flexibility index (Phi) is 5.79. The topological polar surface area (TPSA) is 122 Å². The van der Waals surface area contributed by atoms with E-state index in [1.165, 1.54) is 33.4 Å². The molecule has 1 aromatic rings. The highest BCUT2D eigenvalue weighted by atomic mass is 32.2. The SMILES string of the molecule is COc1cc(C(=O)N(C)CC(=O)O)cc(NS(C)(=O)=O)c1OC. The van der Waals surface area contributed by atoms with Crippen molar-refractivity contribution in [3.63, 3.8) is 0 Å². The van der Waals surface area contributed by atoms with Crippen LogP contribution in [0.4, 0.5) is 5.69 Å². The number of aliphatic carboxylic acids is 1. The maximum atomic E-state index is 12.3. The summed E-state index contributed by atoms with van der Waals surface area (Å²) in [6.07, 6.45) is 0.948. The third-order valence-corrected chi connectivity index (χ3v) is 3.33. The van der Waals surface area contributed by atoms with Crippen molar-refractivity contribution in [3.05, 3.63) is 17.7 Å². The summed E-state index contributed by atoms with van der Waals surface area (Å²) in [5.41, 5.74) is 0.0685. The smallest absolute Gasteiger partial charge is 0.323 e. The van der Waals surface area contributed by atoms with Gasteiger partial charge in [-0.15, -0.1) is 0 Å². The molecule has 10 heteroatoms. The van der Waals surface area contributed by atoms with Crippen molar-refractivity contribution in [2.24, 2.45) is 0 Å². The van der Waals surface area contributed by atoms with E-state index in [0.717, 1.165) is 11.2 Å². The highest BCUT2D eigenvalue weighted by Gasteiger charge is 2.21. The Labute approximate surface area is 133 Å². The van der Waals surface area contributed by atoms with Gasteiger partial charge < -0.3 is 19.5 Å². The summed E-state index contributed by atoms with van der Waals surface area (Å²) >= 11 is 0. The molecule has 1 rings (SSSR count). The first-order chi connectivity index (χ1) is 10.6. The molecule has 0 bridgehead atoms. The lowest BCUT2D eigenvalue weighted by molar-refractivity contribution is -0.137. The van der Waals surface area contributed by atoms with Crippen molar-refractivity contribution in [2.45, 2.75) is 0 Å². The van der Waals surface area contributed by atoms with Gasteiger partial charge in [-0.2, -0.15) is 0 Å². The maximum absolute atomic E-state index is 12.3. The van der Waals surface area contributed by atoms with Crippen molar-refractivity contribution >= 4 is 27.6 Å². The molecular formula is C13H18N2O7S. The van der Waals surface area contributed by atoms with Crippen LogP contribution in [0.15, 0.2) is 12.1 Å². The lowest BCUT2D eigenvalue weighted by Gasteiger charge is -2.18. The van der Waals surface area contributed by atoms with Crippen LogP contribution < -0.4 is 14.2 Å². The summed E-state index contributed by atoms with van der Waals surface area (Å²) in [5.74, 6) is -1.54. The number of carbonyl (C=O) groups is 2. The van der Waals surface area contributed by atoms with E-state index >= 15 is 0 Å². The van der Waals surface area contributed by atoms with Gasteiger partial charge in [0, 0.05) is 12.6 Å². The van der Waals surface area contributed by atoms with Crippen molar-refractivity contribution in [2.75, 3.05) is 38.8 Å². The van der Waals surface area contributed by atoms with Crippen LogP contribution in [0, 0.1) is 0 Å². The molecule has 0 atom stereocenters. The highest BCUT2D eigenvalue weighted by Crippen LogP contribution is 2.37. The minimum absolute atomic E-state index is 0.0152. The van der Waals surface area contributed by atoms with Gasteiger partial charge in [0.15, 0.2) is 11.5 Å². The Morgan fingerprint density at radius 3 is 2.30 bits per heavy atom. The normalized spacial score (nSPS) is 10.8. The fourth-order valence-corrected chi connectivity index (χ4v) is 2.41. The molecule has 0 unspecified atom stereocenters. The predicted molar refractivity (Wildman–Crippen MR) is 82.6 cm³/mol. The number of methoxy groups -OCH3 is 2. The van der Waals surface area contributed by atoms with Crippen LogP contribution in [0.5, 0.6) is 11.5 Å². The molecule has 0 aliphatic carbocycles. The zero-order valence-corrected chi connectivity index (χ0v) is 13.9. The molecule has 9 nitrogen and oxygen atoms in total. The van der Waals surface area contributed by atoms with Crippen LogP contribution >= 0.6 is 0 Å². The van der Waals surface area contributed by atoms with E-state index in [9.17, 15) is 18.0 Å². The van der Waals surface area contributed by atoms with Gasteiger partial charge in [0.2, 0.25) is 10.0 Å². The number of benzene rings is 1. The third-order valence-electron chi connectivity index (χ3n) is 2.74. The molecule has 0 aromatic heterocycles. The Bertz CT molecular complexity index is 715. The predicted octanol–water partition coefficient (Wildman–Crippen LogP) is 0.232. The Morgan fingerprint density at radius 2 is 1.87 bits per heavy atom. The molecule has 0 heterocycles. The fourth-order valence-electron chi connectivity index (χ4n) is 1.86. The molecule has 2 N–H and O–H groups in total.